The Kier molecular flexibility index (Phi) is 3.09. The molecule has 0 aromatic carbocycles. The third-order valence-corrected chi connectivity index (χ3v) is 2.39. The standard InChI is InChI=1S/C11H18N2O/c1-7(2)13-10(5)11(6-8(3)14)9(4)12-13/h7H,6H2,1-5H3. The highest BCUT2D eigenvalue weighted by Crippen LogP contribution is 2.17. The molecule has 3 nitrogen and oxygen atoms in total. The van der Waals surface area contributed by atoms with E-state index in [2.05, 4.69) is 18.9 Å². The quantitative estimate of drug-likeness (QED) is 0.739. The molecule has 0 fully saturated rings. The van der Waals surface area contributed by atoms with E-state index in [1.807, 2.05) is 18.5 Å². The lowest BCUT2D eigenvalue weighted by Crippen LogP contribution is -2.06. The van der Waals surface area contributed by atoms with Crippen LogP contribution in [0.3, 0.4) is 0 Å². The largest absolute Gasteiger partial charge is 0.300 e. The summed E-state index contributed by atoms with van der Waals surface area (Å²) in [6.45, 7) is 9.79. The van der Waals surface area contributed by atoms with Crippen LogP contribution in [0.25, 0.3) is 0 Å². The van der Waals surface area contributed by atoms with Crippen LogP contribution in [0.2, 0.25) is 0 Å². The minimum atomic E-state index is 0.194. The van der Waals surface area contributed by atoms with Crippen LogP contribution in [0.15, 0.2) is 0 Å². The van der Waals surface area contributed by atoms with E-state index in [1.54, 1.807) is 6.92 Å². The maximum absolute atomic E-state index is 11.1. The molecule has 1 heterocycles. The molecule has 78 valence electrons. The summed E-state index contributed by atoms with van der Waals surface area (Å²) in [4.78, 5) is 11.1. The molecule has 0 spiro atoms. The number of hydrogen-bond donors (Lipinski definition) is 0. The van der Waals surface area contributed by atoms with Gasteiger partial charge in [0.25, 0.3) is 0 Å². The van der Waals surface area contributed by atoms with Gasteiger partial charge < -0.3 is 0 Å². The highest BCUT2D eigenvalue weighted by atomic mass is 16.1. The van der Waals surface area contributed by atoms with Crippen LogP contribution in [0, 0.1) is 13.8 Å². The van der Waals surface area contributed by atoms with Crippen molar-refractivity contribution in [2.24, 2.45) is 0 Å². The Bertz CT molecular complexity index is 350. The summed E-state index contributed by atoms with van der Waals surface area (Å²) in [5.74, 6) is 0.194. The first-order valence-corrected chi connectivity index (χ1v) is 4.97. The zero-order valence-electron chi connectivity index (χ0n) is 9.59. The monoisotopic (exact) mass is 194 g/mol. The van der Waals surface area contributed by atoms with Gasteiger partial charge in [-0.25, -0.2) is 0 Å². The molecular formula is C11H18N2O. The van der Waals surface area contributed by atoms with Gasteiger partial charge in [-0.1, -0.05) is 0 Å². The van der Waals surface area contributed by atoms with Crippen molar-refractivity contribution in [3.05, 3.63) is 17.0 Å². The molecule has 1 rings (SSSR count). The van der Waals surface area contributed by atoms with Crippen LogP contribution in [0.5, 0.6) is 0 Å². The van der Waals surface area contributed by atoms with Crippen molar-refractivity contribution in [3.63, 3.8) is 0 Å². The Morgan fingerprint density at radius 1 is 1.43 bits per heavy atom. The first kappa shape index (κ1) is 11.0. The third kappa shape index (κ3) is 2.03. The van der Waals surface area contributed by atoms with Gasteiger partial charge >= 0.3 is 0 Å². The normalized spacial score (nSPS) is 11.0. The maximum atomic E-state index is 11.1. The molecule has 1 aromatic heterocycles. The average molecular weight is 194 g/mol. The molecule has 14 heavy (non-hydrogen) atoms. The Labute approximate surface area is 85.1 Å². The van der Waals surface area contributed by atoms with Crippen LogP contribution in [0.1, 0.15) is 43.8 Å². The molecule has 0 aliphatic rings. The van der Waals surface area contributed by atoms with Gasteiger partial charge in [0.05, 0.1) is 5.69 Å². The Morgan fingerprint density at radius 3 is 2.36 bits per heavy atom. The number of hydrogen-bond acceptors (Lipinski definition) is 2. The number of aryl methyl sites for hydroxylation is 1. The first-order chi connectivity index (χ1) is 6.43. The van der Waals surface area contributed by atoms with Crippen molar-refractivity contribution in [3.8, 4) is 0 Å². The Morgan fingerprint density at radius 2 is 2.00 bits per heavy atom. The van der Waals surface area contributed by atoms with Gasteiger partial charge in [0.15, 0.2) is 0 Å². The Balaban J connectivity index is 3.11. The second-order valence-electron chi connectivity index (χ2n) is 4.07. The predicted octanol–water partition coefficient (Wildman–Crippen LogP) is 2.21. The smallest absolute Gasteiger partial charge is 0.134 e. The first-order valence-electron chi connectivity index (χ1n) is 4.97. The third-order valence-electron chi connectivity index (χ3n) is 2.39. The summed E-state index contributed by atoms with van der Waals surface area (Å²) < 4.78 is 1.98. The van der Waals surface area contributed by atoms with Gasteiger partial charge in [-0.15, -0.1) is 0 Å². The number of rotatable bonds is 3. The minimum absolute atomic E-state index is 0.194. The van der Waals surface area contributed by atoms with Crippen LogP contribution in [-0.4, -0.2) is 15.6 Å². The lowest BCUT2D eigenvalue weighted by molar-refractivity contribution is -0.116. The molecule has 0 N–H and O–H groups in total. The van der Waals surface area contributed by atoms with Crippen molar-refractivity contribution in [1.29, 1.82) is 0 Å². The van der Waals surface area contributed by atoms with Crippen LogP contribution in [0.4, 0.5) is 0 Å². The molecule has 0 atom stereocenters. The summed E-state index contributed by atoms with van der Waals surface area (Å²) in [5.41, 5.74) is 3.19. The highest BCUT2D eigenvalue weighted by molar-refractivity contribution is 5.78. The molecule has 3 heteroatoms. The molecule has 0 amide bonds. The second kappa shape index (κ2) is 3.95. The van der Waals surface area contributed by atoms with Crippen molar-refractivity contribution < 1.29 is 4.79 Å². The lowest BCUT2D eigenvalue weighted by atomic mass is 10.1. The van der Waals surface area contributed by atoms with Crippen molar-refractivity contribution in [1.82, 2.24) is 9.78 Å². The van der Waals surface area contributed by atoms with Gasteiger partial charge in [0.1, 0.15) is 5.78 Å². The van der Waals surface area contributed by atoms with Crippen LogP contribution < -0.4 is 0 Å². The van der Waals surface area contributed by atoms with E-state index < -0.39 is 0 Å². The van der Waals surface area contributed by atoms with Gasteiger partial charge in [-0.05, 0) is 34.6 Å². The molecule has 0 saturated heterocycles. The van der Waals surface area contributed by atoms with Gasteiger partial charge in [-0.3, -0.25) is 9.48 Å². The van der Waals surface area contributed by atoms with E-state index in [9.17, 15) is 4.79 Å². The summed E-state index contributed by atoms with van der Waals surface area (Å²) >= 11 is 0. The van der Waals surface area contributed by atoms with Gasteiger partial charge in [-0.2, -0.15) is 5.10 Å². The fourth-order valence-electron chi connectivity index (χ4n) is 1.70. The van der Waals surface area contributed by atoms with E-state index in [4.69, 9.17) is 0 Å². The summed E-state index contributed by atoms with van der Waals surface area (Å²) in [6, 6.07) is 0.356. The van der Waals surface area contributed by atoms with E-state index in [0.29, 0.717) is 12.5 Å². The highest BCUT2D eigenvalue weighted by Gasteiger charge is 2.14. The lowest BCUT2D eigenvalue weighted by Gasteiger charge is -2.08. The number of carbonyl (C=O) groups excluding carboxylic acids is 1. The van der Waals surface area contributed by atoms with Crippen molar-refractivity contribution in [2.45, 2.75) is 47.1 Å². The number of carbonyl (C=O) groups is 1. The molecule has 0 saturated carbocycles. The van der Waals surface area contributed by atoms with Crippen molar-refractivity contribution in [2.75, 3.05) is 0 Å². The zero-order chi connectivity index (χ0) is 10.9. The van der Waals surface area contributed by atoms with E-state index in [0.717, 1.165) is 17.0 Å². The Hall–Kier alpha value is -1.12. The van der Waals surface area contributed by atoms with E-state index in [1.165, 1.54) is 0 Å². The van der Waals surface area contributed by atoms with Crippen molar-refractivity contribution >= 4 is 5.78 Å². The molecule has 0 aliphatic carbocycles. The fraction of sp³-hybridized carbons (Fsp3) is 0.636. The predicted molar refractivity (Wildman–Crippen MR) is 56.5 cm³/mol. The molecular weight excluding hydrogens is 176 g/mol. The second-order valence-corrected chi connectivity index (χ2v) is 4.07. The summed E-state index contributed by atoms with van der Waals surface area (Å²) in [6.07, 6.45) is 0.504. The number of aromatic nitrogens is 2. The fourth-order valence-corrected chi connectivity index (χ4v) is 1.70. The van der Waals surface area contributed by atoms with Gasteiger partial charge in [0.2, 0.25) is 0 Å². The van der Waals surface area contributed by atoms with E-state index in [-0.39, 0.29) is 5.78 Å². The molecule has 0 bridgehead atoms. The average Bonchev–Trinajstić information content (AvgIpc) is 2.31. The maximum Gasteiger partial charge on any atom is 0.134 e. The van der Waals surface area contributed by atoms with Crippen LogP contribution >= 0.6 is 0 Å². The summed E-state index contributed by atoms with van der Waals surface area (Å²) in [7, 11) is 0. The zero-order valence-corrected chi connectivity index (χ0v) is 9.59. The summed E-state index contributed by atoms with van der Waals surface area (Å²) in [5, 5.41) is 4.43. The molecule has 1 aromatic rings. The van der Waals surface area contributed by atoms with E-state index >= 15 is 0 Å². The topological polar surface area (TPSA) is 34.9 Å². The number of nitrogens with zero attached hydrogens (tertiary/aromatic N) is 2. The van der Waals surface area contributed by atoms with Crippen LogP contribution in [-0.2, 0) is 11.2 Å². The SMILES string of the molecule is CC(=O)Cc1c(C)nn(C(C)C)c1C. The number of Topliss-reactive ketones (excluding diaryl/α,β-unsaturated/α-hetero) is 1. The number of ketones is 1. The minimum Gasteiger partial charge on any atom is -0.300 e. The molecule has 0 radical (unpaired) electrons. The molecule has 0 unspecified atom stereocenters. The molecule has 0 aliphatic heterocycles. The van der Waals surface area contributed by atoms with Gasteiger partial charge in [0, 0.05) is 23.7 Å².